The number of benzene rings is 3. The minimum atomic E-state index is -4.04. The van der Waals surface area contributed by atoms with Crippen molar-refractivity contribution in [1.29, 1.82) is 0 Å². The third-order valence-corrected chi connectivity index (χ3v) is 7.68. The van der Waals surface area contributed by atoms with Gasteiger partial charge in [0.1, 0.15) is 11.6 Å². The first-order chi connectivity index (χ1) is 15.8. The molecule has 0 atom stereocenters. The Morgan fingerprint density at radius 3 is 2.33 bits per heavy atom. The van der Waals surface area contributed by atoms with E-state index in [9.17, 15) is 13.2 Å². The summed E-state index contributed by atoms with van der Waals surface area (Å²) in [5, 5.41) is 12.1. The summed E-state index contributed by atoms with van der Waals surface area (Å²) in [6.07, 6.45) is 0. The Hall–Kier alpha value is -3.27. The van der Waals surface area contributed by atoms with Gasteiger partial charge in [-0.05, 0) is 42.8 Å². The Kier molecular flexibility index (Phi) is 6.73. The van der Waals surface area contributed by atoms with Gasteiger partial charge in [0, 0.05) is 10.6 Å². The van der Waals surface area contributed by atoms with E-state index >= 15 is 0 Å². The molecule has 0 saturated carbocycles. The number of amides is 1. The normalized spacial score (nSPS) is 11.2. The topological polar surface area (TPSA) is 92.3 Å². The second kappa shape index (κ2) is 9.70. The van der Waals surface area contributed by atoms with Crippen LogP contribution >= 0.6 is 22.9 Å². The van der Waals surface area contributed by atoms with Gasteiger partial charge in [-0.15, -0.1) is 10.2 Å². The second-order valence-corrected chi connectivity index (χ2v) is 10.4. The minimum absolute atomic E-state index is 0.0326. The predicted molar refractivity (Wildman–Crippen MR) is 131 cm³/mol. The average molecular weight is 499 g/mol. The lowest BCUT2D eigenvalue weighted by molar-refractivity contribution is -0.114. The summed E-state index contributed by atoms with van der Waals surface area (Å²) in [4.78, 5) is 12.9. The molecule has 0 aliphatic rings. The molecule has 0 unspecified atom stereocenters. The summed E-state index contributed by atoms with van der Waals surface area (Å²) in [5.74, 6) is -0.536. The number of carbonyl (C=O) groups excluding carboxylic acids is 1. The fourth-order valence-corrected chi connectivity index (χ4v) is 5.51. The minimum Gasteiger partial charge on any atom is -0.299 e. The van der Waals surface area contributed by atoms with Gasteiger partial charge in [0.15, 0.2) is 0 Å². The second-order valence-electron chi connectivity index (χ2n) is 7.08. The number of hydrogen-bond donors (Lipinski definition) is 1. The van der Waals surface area contributed by atoms with E-state index in [0.29, 0.717) is 21.3 Å². The molecule has 0 bridgehead atoms. The van der Waals surface area contributed by atoms with Crippen molar-refractivity contribution < 1.29 is 13.2 Å². The molecule has 0 aliphatic carbocycles. The molecule has 1 heterocycles. The molecule has 10 heteroatoms. The van der Waals surface area contributed by atoms with Gasteiger partial charge in [-0.3, -0.25) is 14.4 Å². The van der Waals surface area contributed by atoms with Gasteiger partial charge in [-0.25, -0.2) is 8.42 Å². The number of halogens is 1. The lowest BCUT2D eigenvalue weighted by Gasteiger charge is -2.25. The molecule has 1 amide bonds. The van der Waals surface area contributed by atoms with Crippen LogP contribution in [0.5, 0.6) is 0 Å². The van der Waals surface area contributed by atoms with Crippen molar-refractivity contribution in [2.45, 2.75) is 11.8 Å². The van der Waals surface area contributed by atoms with Crippen molar-refractivity contribution in [1.82, 2.24) is 10.2 Å². The number of aryl methyl sites for hydroxylation is 1. The predicted octanol–water partition coefficient (Wildman–Crippen LogP) is 5.00. The number of aromatic nitrogens is 2. The SMILES string of the molecule is Cc1ccccc1N(CC(=O)Nc1nnc(-c2ccccc2)s1)S(=O)(=O)c1ccc(Cl)cc1. The van der Waals surface area contributed by atoms with Gasteiger partial charge in [0.25, 0.3) is 10.0 Å². The van der Waals surface area contributed by atoms with Crippen molar-refractivity contribution in [2.75, 3.05) is 16.2 Å². The van der Waals surface area contributed by atoms with Crippen molar-refractivity contribution in [2.24, 2.45) is 0 Å². The lowest BCUT2D eigenvalue weighted by atomic mass is 10.2. The molecule has 0 saturated heterocycles. The van der Waals surface area contributed by atoms with Crippen LogP contribution in [0.15, 0.2) is 83.8 Å². The molecule has 33 heavy (non-hydrogen) atoms. The Morgan fingerprint density at radius 2 is 1.64 bits per heavy atom. The highest BCUT2D eigenvalue weighted by atomic mass is 35.5. The number of nitrogens with one attached hydrogen (secondary N) is 1. The first-order valence-electron chi connectivity index (χ1n) is 9.87. The Balaban J connectivity index is 1.61. The van der Waals surface area contributed by atoms with Crippen molar-refractivity contribution in [3.8, 4) is 10.6 Å². The van der Waals surface area contributed by atoms with Crippen LogP contribution < -0.4 is 9.62 Å². The average Bonchev–Trinajstić information content (AvgIpc) is 3.27. The van der Waals surface area contributed by atoms with Crippen LogP contribution in [0.4, 0.5) is 10.8 Å². The van der Waals surface area contributed by atoms with E-state index in [-0.39, 0.29) is 10.0 Å². The molecule has 4 rings (SSSR count). The number of carbonyl (C=O) groups is 1. The van der Waals surface area contributed by atoms with Gasteiger partial charge in [0.2, 0.25) is 11.0 Å². The van der Waals surface area contributed by atoms with E-state index in [1.54, 1.807) is 31.2 Å². The number of anilines is 2. The first-order valence-corrected chi connectivity index (χ1v) is 12.5. The van der Waals surface area contributed by atoms with Gasteiger partial charge in [-0.1, -0.05) is 71.5 Å². The van der Waals surface area contributed by atoms with E-state index in [1.807, 2.05) is 30.3 Å². The van der Waals surface area contributed by atoms with Crippen LogP contribution in [0.25, 0.3) is 10.6 Å². The monoisotopic (exact) mass is 498 g/mol. The molecule has 1 aromatic heterocycles. The smallest absolute Gasteiger partial charge is 0.264 e. The summed E-state index contributed by atoms with van der Waals surface area (Å²) in [6.45, 7) is 1.35. The largest absolute Gasteiger partial charge is 0.299 e. The molecule has 0 aliphatic heterocycles. The van der Waals surface area contributed by atoms with Crippen molar-refractivity contribution in [3.63, 3.8) is 0 Å². The Morgan fingerprint density at radius 1 is 0.970 bits per heavy atom. The van der Waals surface area contributed by atoms with Crippen LogP contribution in [-0.2, 0) is 14.8 Å². The van der Waals surface area contributed by atoms with E-state index in [1.165, 1.54) is 35.6 Å². The van der Waals surface area contributed by atoms with Crippen LogP contribution in [0.1, 0.15) is 5.56 Å². The number of sulfonamides is 1. The maximum atomic E-state index is 13.5. The van der Waals surface area contributed by atoms with E-state index in [4.69, 9.17) is 11.6 Å². The molecule has 0 fully saturated rings. The Labute approximate surface area is 200 Å². The third kappa shape index (κ3) is 5.22. The molecule has 168 valence electrons. The number of hydrogen-bond acceptors (Lipinski definition) is 6. The zero-order valence-corrected chi connectivity index (χ0v) is 19.9. The van der Waals surface area contributed by atoms with Crippen LogP contribution in [0, 0.1) is 6.92 Å². The fourth-order valence-electron chi connectivity index (χ4n) is 3.14. The van der Waals surface area contributed by atoms with Gasteiger partial charge < -0.3 is 0 Å². The summed E-state index contributed by atoms with van der Waals surface area (Å²) < 4.78 is 28.0. The summed E-state index contributed by atoms with van der Waals surface area (Å²) in [7, 11) is -4.04. The first kappa shape index (κ1) is 22.9. The van der Waals surface area contributed by atoms with Gasteiger partial charge >= 0.3 is 0 Å². The number of para-hydroxylation sites is 1. The molecule has 3 aromatic carbocycles. The number of rotatable bonds is 7. The van der Waals surface area contributed by atoms with Crippen molar-refractivity contribution in [3.05, 3.63) is 89.4 Å². The maximum Gasteiger partial charge on any atom is 0.264 e. The Bertz CT molecular complexity index is 1370. The summed E-state index contributed by atoms with van der Waals surface area (Å²) in [5.41, 5.74) is 2.00. The third-order valence-electron chi connectivity index (χ3n) is 4.77. The number of nitrogens with zero attached hydrogens (tertiary/aromatic N) is 3. The molecule has 1 N–H and O–H groups in total. The van der Waals surface area contributed by atoms with Crippen LogP contribution in [0.3, 0.4) is 0 Å². The quantitative estimate of drug-likeness (QED) is 0.387. The lowest BCUT2D eigenvalue weighted by Crippen LogP contribution is -2.38. The van der Waals surface area contributed by atoms with Crippen molar-refractivity contribution >= 4 is 49.7 Å². The zero-order valence-electron chi connectivity index (χ0n) is 17.5. The molecule has 0 spiro atoms. The summed E-state index contributed by atoms with van der Waals surface area (Å²) >= 11 is 7.13. The molecular weight excluding hydrogens is 480 g/mol. The molecule has 4 aromatic rings. The van der Waals surface area contributed by atoms with E-state index in [2.05, 4.69) is 15.5 Å². The fraction of sp³-hybridized carbons (Fsp3) is 0.0870. The maximum absolute atomic E-state index is 13.5. The van der Waals surface area contributed by atoms with Gasteiger partial charge in [0.05, 0.1) is 10.6 Å². The summed E-state index contributed by atoms with van der Waals surface area (Å²) in [6, 6.07) is 22.3. The standard InChI is InChI=1S/C23H19ClN4O3S2/c1-16-7-5-6-10-20(16)28(33(30,31)19-13-11-18(24)12-14-19)15-21(29)25-23-27-26-22(32-23)17-8-3-2-4-9-17/h2-14H,15H2,1H3,(H,25,27,29). The highest BCUT2D eigenvalue weighted by Gasteiger charge is 2.28. The highest BCUT2D eigenvalue weighted by molar-refractivity contribution is 7.92. The van der Waals surface area contributed by atoms with Crippen LogP contribution in [-0.4, -0.2) is 31.1 Å². The van der Waals surface area contributed by atoms with E-state index < -0.39 is 22.5 Å². The molecule has 7 nitrogen and oxygen atoms in total. The molecular formula is C23H19ClN4O3S2. The zero-order chi connectivity index (χ0) is 23.4. The van der Waals surface area contributed by atoms with Crippen LogP contribution in [0.2, 0.25) is 5.02 Å². The van der Waals surface area contributed by atoms with Gasteiger partial charge in [-0.2, -0.15) is 0 Å². The molecule has 0 radical (unpaired) electrons. The van der Waals surface area contributed by atoms with E-state index in [0.717, 1.165) is 9.87 Å². The highest BCUT2D eigenvalue weighted by Crippen LogP contribution is 2.29.